The van der Waals surface area contributed by atoms with Gasteiger partial charge < -0.3 is 5.11 Å². The molecule has 2 rings (SSSR count). The van der Waals surface area contributed by atoms with E-state index >= 15 is 0 Å². The van der Waals surface area contributed by atoms with E-state index in [1.54, 1.807) is 5.51 Å². The summed E-state index contributed by atoms with van der Waals surface area (Å²) in [6.45, 7) is 6.17. The molecule has 0 amide bonds. The van der Waals surface area contributed by atoms with E-state index in [0.29, 0.717) is 0 Å². The predicted molar refractivity (Wildman–Crippen MR) is 74.5 cm³/mol. The number of aromatic nitrogens is 1. The van der Waals surface area contributed by atoms with E-state index in [2.05, 4.69) is 46.9 Å². The molecule has 0 saturated carbocycles. The summed E-state index contributed by atoms with van der Waals surface area (Å²) >= 11 is 4.82. The molecule has 90 valence electrons. The van der Waals surface area contributed by atoms with Gasteiger partial charge in [-0.05, 0) is 59.0 Å². The standard InChI is InChI=1S/C13H14BrNOS/c1-7-4-9(3)10(5-8(7)2)11(16)12-13(14)15-6-17-12/h4-6,11,16H,1-3H3. The van der Waals surface area contributed by atoms with E-state index in [0.717, 1.165) is 20.6 Å². The summed E-state index contributed by atoms with van der Waals surface area (Å²) in [4.78, 5) is 4.97. The number of halogens is 1. The fourth-order valence-electron chi connectivity index (χ4n) is 1.84. The molecule has 0 fully saturated rings. The van der Waals surface area contributed by atoms with Gasteiger partial charge in [-0.25, -0.2) is 4.98 Å². The normalized spacial score (nSPS) is 12.8. The molecule has 1 heterocycles. The fourth-order valence-corrected chi connectivity index (χ4v) is 3.25. The minimum atomic E-state index is -0.601. The summed E-state index contributed by atoms with van der Waals surface area (Å²) in [7, 11) is 0. The topological polar surface area (TPSA) is 33.1 Å². The van der Waals surface area contributed by atoms with Gasteiger partial charge in [0.1, 0.15) is 10.7 Å². The van der Waals surface area contributed by atoms with Crippen molar-refractivity contribution in [3.05, 3.63) is 49.4 Å². The zero-order valence-corrected chi connectivity index (χ0v) is 12.4. The van der Waals surface area contributed by atoms with Gasteiger partial charge >= 0.3 is 0 Å². The minimum absolute atomic E-state index is 0.601. The summed E-state index contributed by atoms with van der Waals surface area (Å²) in [5, 5.41) is 10.4. The van der Waals surface area contributed by atoms with E-state index in [4.69, 9.17) is 0 Å². The molecule has 0 aliphatic heterocycles. The lowest BCUT2D eigenvalue weighted by Crippen LogP contribution is -2.02. The van der Waals surface area contributed by atoms with Crippen molar-refractivity contribution in [1.82, 2.24) is 4.98 Å². The smallest absolute Gasteiger partial charge is 0.123 e. The Hall–Kier alpha value is -0.710. The van der Waals surface area contributed by atoms with Crippen LogP contribution in [-0.4, -0.2) is 10.1 Å². The summed E-state index contributed by atoms with van der Waals surface area (Å²) in [6.07, 6.45) is -0.601. The lowest BCUT2D eigenvalue weighted by Gasteiger charge is -2.15. The molecule has 2 aromatic rings. The molecule has 1 atom stereocenters. The van der Waals surface area contributed by atoms with Crippen LogP contribution < -0.4 is 0 Å². The zero-order chi connectivity index (χ0) is 12.6. The predicted octanol–water partition coefficient (Wildman–Crippen LogP) is 3.91. The maximum absolute atomic E-state index is 10.4. The Morgan fingerprint density at radius 2 is 1.82 bits per heavy atom. The van der Waals surface area contributed by atoms with Crippen molar-refractivity contribution in [2.75, 3.05) is 0 Å². The molecule has 2 nitrogen and oxygen atoms in total. The number of thiazole rings is 1. The molecule has 0 radical (unpaired) electrons. The van der Waals surface area contributed by atoms with E-state index in [9.17, 15) is 5.11 Å². The van der Waals surface area contributed by atoms with Crippen LogP contribution in [0.25, 0.3) is 0 Å². The number of aliphatic hydroxyl groups excluding tert-OH is 1. The van der Waals surface area contributed by atoms with Crippen LogP contribution >= 0.6 is 27.3 Å². The molecule has 0 spiro atoms. The first-order valence-corrected chi connectivity index (χ1v) is 7.02. The van der Waals surface area contributed by atoms with Crippen molar-refractivity contribution in [2.24, 2.45) is 0 Å². The maximum atomic E-state index is 10.4. The fraction of sp³-hybridized carbons (Fsp3) is 0.308. The summed E-state index contributed by atoms with van der Waals surface area (Å²) in [5.41, 5.74) is 6.25. The molecular formula is C13H14BrNOS. The zero-order valence-electron chi connectivity index (χ0n) is 9.99. The Bertz CT molecular complexity index is 550. The highest BCUT2D eigenvalue weighted by Gasteiger charge is 2.18. The third-order valence-corrected chi connectivity index (χ3v) is 4.75. The van der Waals surface area contributed by atoms with Crippen LogP contribution in [0.2, 0.25) is 0 Å². The largest absolute Gasteiger partial charge is 0.383 e. The number of hydrogen-bond acceptors (Lipinski definition) is 3. The lowest BCUT2D eigenvalue weighted by molar-refractivity contribution is 0.222. The molecular weight excluding hydrogens is 298 g/mol. The molecule has 0 saturated heterocycles. The second-order valence-corrected chi connectivity index (χ2v) is 5.84. The number of nitrogens with zero attached hydrogens (tertiary/aromatic N) is 1. The lowest BCUT2D eigenvalue weighted by atomic mass is 9.97. The number of benzene rings is 1. The first kappa shape index (κ1) is 12.7. The average Bonchev–Trinajstić information content (AvgIpc) is 2.69. The van der Waals surface area contributed by atoms with Gasteiger partial charge in [0, 0.05) is 0 Å². The molecule has 4 heteroatoms. The molecule has 0 aliphatic rings. The summed E-state index contributed by atoms with van der Waals surface area (Å²) < 4.78 is 0.729. The van der Waals surface area contributed by atoms with Gasteiger partial charge in [-0.1, -0.05) is 12.1 Å². The highest BCUT2D eigenvalue weighted by molar-refractivity contribution is 9.10. The Morgan fingerprint density at radius 1 is 1.18 bits per heavy atom. The number of aliphatic hydroxyl groups is 1. The monoisotopic (exact) mass is 311 g/mol. The van der Waals surface area contributed by atoms with E-state index in [1.807, 2.05) is 6.92 Å². The number of hydrogen-bond donors (Lipinski definition) is 1. The van der Waals surface area contributed by atoms with Crippen LogP contribution in [0.4, 0.5) is 0 Å². The van der Waals surface area contributed by atoms with Crippen LogP contribution in [0.15, 0.2) is 22.2 Å². The average molecular weight is 312 g/mol. The Labute approximate surface area is 113 Å². The number of rotatable bonds is 2. The SMILES string of the molecule is Cc1cc(C)c(C(O)c2scnc2Br)cc1C. The molecule has 1 aromatic carbocycles. The van der Waals surface area contributed by atoms with Gasteiger partial charge in [0.25, 0.3) is 0 Å². The van der Waals surface area contributed by atoms with Crippen molar-refractivity contribution >= 4 is 27.3 Å². The van der Waals surface area contributed by atoms with Gasteiger partial charge in [-0.3, -0.25) is 0 Å². The maximum Gasteiger partial charge on any atom is 0.123 e. The second kappa shape index (κ2) is 4.88. The first-order chi connectivity index (χ1) is 8.00. The van der Waals surface area contributed by atoms with Gasteiger partial charge in [0.15, 0.2) is 0 Å². The third kappa shape index (κ3) is 2.44. The Kier molecular flexibility index (Phi) is 3.66. The Balaban J connectivity index is 2.48. The quantitative estimate of drug-likeness (QED) is 0.912. The summed E-state index contributed by atoms with van der Waals surface area (Å²) in [6, 6.07) is 4.17. The molecule has 17 heavy (non-hydrogen) atoms. The van der Waals surface area contributed by atoms with Crippen molar-refractivity contribution < 1.29 is 5.11 Å². The van der Waals surface area contributed by atoms with E-state index in [1.165, 1.54) is 22.5 Å². The van der Waals surface area contributed by atoms with Crippen LogP contribution in [0.3, 0.4) is 0 Å². The van der Waals surface area contributed by atoms with Crippen LogP contribution in [0.5, 0.6) is 0 Å². The van der Waals surface area contributed by atoms with Crippen LogP contribution in [0.1, 0.15) is 33.2 Å². The van der Waals surface area contributed by atoms with E-state index < -0.39 is 6.10 Å². The van der Waals surface area contributed by atoms with Gasteiger partial charge in [-0.2, -0.15) is 0 Å². The van der Waals surface area contributed by atoms with Crippen molar-refractivity contribution in [1.29, 1.82) is 0 Å². The van der Waals surface area contributed by atoms with Crippen molar-refractivity contribution in [3.8, 4) is 0 Å². The highest BCUT2D eigenvalue weighted by atomic mass is 79.9. The Morgan fingerprint density at radius 3 is 2.41 bits per heavy atom. The molecule has 0 bridgehead atoms. The third-order valence-electron chi connectivity index (χ3n) is 2.97. The number of aryl methyl sites for hydroxylation is 3. The van der Waals surface area contributed by atoms with E-state index in [-0.39, 0.29) is 0 Å². The van der Waals surface area contributed by atoms with Crippen molar-refractivity contribution in [2.45, 2.75) is 26.9 Å². The molecule has 1 unspecified atom stereocenters. The van der Waals surface area contributed by atoms with Gasteiger partial charge in [0.05, 0.1) is 10.4 Å². The summed E-state index contributed by atoms with van der Waals surface area (Å²) in [5.74, 6) is 0. The minimum Gasteiger partial charge on any atom is -0.383 e. The van der Waals surface area contributed by atoms with Gasteiger partial charge in [-0.15, -0.1) is 11.3 Å². The first-order valence-electron chi connectivity index (χ1n) is 5.35. The van der Waals surface area contributed by atoms with Crippen molar-refractivity contribution in [3.63, 3.8) is 0 Å². The van der Waals surface area contributed by atoms with Gasteiger partial charge in [0.2, 0.25) is 0 Å². The molecule has 0 aliphatic carbocycles. The second-order valence-electron chi connectivity index (χ2n) is 4.20. The van der Waals surface area contributed by atoms with Crippen LogP contribution in [0, 0.1) is 20.8 Å². The molecule has 1 aromatic heterocycles. The van der Waals surface area contributed by atoms with Crippen LogP contribution in [-0.2, 0) is 0 Å². The molecule has 1 N–H and O–H groups in total. The highest BCUT2D eigenvalue weighted by Crippen LogP contribution is 2.33.